The number of ether oxygens (including phenoxy) is 1. The third-order valence-corrected chi connectivity index (χ3v) is 6.63. The zero-order chi connectivity index (χ0) is 21.6. The summed E-state index contributed by atoms with van der Waals surface area (Å²) in [6, 6.07) is 4.78. The number of hydrogen-bond acceptors (Lipinski definition) is 5. The van der Waals surface area contributed by atoms with Gasteiger partial charge >= 0.3 is 6.09 Å². The SMILES string of the molecule is CN=C(NCC1CCN(C(=O)OC(C)(C)C)CC1)NC1CCN(c2cccs2)CC1.I. The van der Waals surface area contributed by atoms with Crippen molar-refractivity contribution in [2.75, 3.05) is 44.7 Å². The van der Waals surface area contributed by atoms with Crippen molar-refractivity contribution in [1.82, 2.24) is 15.5 Å². The van der Waals surface area contributed by atoms with E-state index in [9.17, 15) is 4.79 Å². The Morgan fingerprint density at radius 2 is 1.87 bits per heavy atom. The Bertz CT molecular complexity index is 691. The van der Waals surface area contributed by atoms with E-state index in [1.165, 1.54) is 5.00 Å². The Morgan fingerprint density at radius 1 is 1.19 bits per heavy atom. The first kappa shape index (κ1) is 26.0. The minimum absolute atomic E-state index is 0. The molecule has 1 amide bonds. The van der Waals surface area contributed by atoms with Gasteiger partial charge in [0.25, 0.3) is 0 Å². The number of piperidine rings is 2. The van der Waals surface area contributed by atoms with Crippen LogP contribution in [-0.4, -0.2) is 68.4 Å². The van der Waals surface area contributed by atoms with Crippen LogP contribution in [0.2, 0.25) is 0 Å². The maximum absolute atomic E-state index is 12.2. The Hall–Kier alpha value is -1.23. The second kappa shape index (κ2) is 12.1. The normalized spacial score (nSPS) is 19.0. The number of halogens is 1. The molecule has 1 aromatic heterocycles. The summed E-state index contributed by atoms with van der Waals surface area (Å²) >= 11 is 1.81. The van der Waals surface area contributed by atoms with Gasteiger partial charge in [-0.15, -0.1) is 35.3 Å². The largest absolute Gasteiger partial charge is 0.444 e. The van der Waals surface area contributed by atoms with Gasteiger partial charge in [-0.05, 0) is 69.9 Å². The summed E-state index contributed by atoms with van der Waals surface area (Å²) in [4.78, 5) is 20.9. The highest BCUT2D eigenvalue weighted by atomic mass is 127. The van der Waals surface area contributed by atoms with Crippen LogP contribution in [-0.2, 0) is 4.74 Å². The zero-order valence-electron chi connectivity index (χ0n) is 19.2. The van der Waals surface area contributed by atoms with Crippen LogP contribution in [0, 0.1) is 5.92 Å². The van der Waals surface area contributed by atoms with Crippen molar-refractivity contribution >= 4 is 52.4 Å². The van der Waals surface area contributed by atoms with Gasteiger partial charge in [0.15, 0.2) is 5.96 Å². The Morgan fingerprint density at radius 3 is 2.42 bits per heavy atom. The lowest BCUT2D eigenvalue weighted by Crippen LogP contribution is -2.50. The lowest BCUT2D eigenvalue weighted by Gasteiger charge is -2.35. The number of rotatable bonds is 4. The van der Waals surface area contributed by atoms with Crippen LogP contribution in [0.3, 0.4) is 0 Å². The number of likely N-dealkylation sites (tertiary alicyclic amines) is 1. The van der Waals surface area contributed by atoms with Crippen LogP contribution in [0.5, 0.6) is 0 Å². The summed E-state index contributed by atoms with van der Waals surface area (Å²) in [6.45, 7) is 10.3. The molecule has 0 bridgehead atoms. The van der Waals surface area contributed by atoms with Crippen LogP contribution in [0.25, 0.3) is 0 Å². The van der Waals surface area contributed by atoms with Gasteiger partial charge in [-0.1, -0.05) is 0 Å². The monoisotopic (exact) mass is 563 g/mol. The predicted octanol–water partition coefficient (Wildman–Crippen LogP) is 4.15. The predicted molar refractivity (Wildman–Crippen MR) is 140 cm³/mol. The molecule has 0 unspecified atom stereocenters. The molecule has 0 atom stereocenters. The van der Waals surface area contributed by atoms with Crippen molar-refractivity contribution in [2.45, 2.75) is 58.1 Å². The second-order valence-corrected chi connectivity index (χ2v) is 10.1. The van der Waals surface area contributed by atoms with Gasteiger partial charge < -0.3 is 25.2 Å². The zero-order valence-corrected chi connectivity index (χ0v) is 22.4. The average molecular weight is 564 g/mol. The molecule has 2 N–H and O–H groups in total. The standard InChI is InChI=1S/C22H37N5O2S.HI/c1-22(2,3)29-21(28)27-11-7-17(8-12-27)16-24-20(23-4)25-18-9-13-26(14-10-18)19-6-5-15-30-19;/h5-6,15,17-18H,7-14,16H2,1-4H3,(H2,23,24,25);1H. The highest BCUT2D eigenvalue weighted by Gasteiger charge is 2.27. The van der Waals surface area contributed by atoms with Gasteiger partial charge in [-0.2, -0.15) is 0 Å². The number of guanidine groups is 1. The fourth-order valence-corrected chi connectivity index (χ4v) is 4.75. The van der Waals surface area contributed by atoms with Crippen molar-refractivity contribution < 1.29 is 9.53 Å². The van der Waals surface area contributed by atoms with Gasteiger partial charge in [0, 0.05) is 45.8 Å². The van der Waals surface area contributed by atoms with E-state index >= 15 is 0 Å². The van der Waals surface area contributed by atoms with Crippen LogP contribution in [0.1, 0.15) is 46.5 Å². The molecule has 2 fully saturated rings. The molecule has 2 saturated heterocycles. The number of anilines is 1. The molecule has 0 saturated carbocycles. The van der Waals surface area contributed by atoms with E-state index in [1.54, 1.807) is 0 Å². The van der Waals surface area contributed by atoms with Gasteiger partial charge in [-0.3, -0.25) is 4.99 Å². The van der Waals surface area contributed by atoms with E-state index < -0.39 is 5.60 Å². The fraction of sp³-hybridized carbons (Fsp3) is 0.727. The Kier molecular flexibility index (Phi) is 10.2. The number of carbonyl (C=O) groups is 1. The molecule has 0 radical (unpaired) electrons. The quantitative estimate of drug-likeness (QED) is 0.328. The maximum atomic E-state index is 12.2. The van der Waals surface area contributed by atoms with Gasteiger partial charge in [0.05, 0.1) is 5.00 Å². The summed E-state index contributed by atoms with van der Waals surface area (Å²) in [7, 11) is 1.83. The molecule has 0 spiro atoms. The van der Waals surface area contributed by atoms with E-state index in [1.807, 2.05) is 44.1 Å². The third-order valence-electron chi connectivity index (χ3n) is 5.70. The molecular weight excluding hydrogens is 525 g/mol. The molecule has 31 heavy (non-hydrogen) atoms. The Balaban J connectivity index is 0.00000341. The van der Waals surface area contributed by atoms with Crippen LogP contribution in [0.4, 0.5) is 9.80 Å². The van der Waals surface area contributed by atoms with E-state index in [0.29, 0.717) is 12.0 Å². The fourth-order valence-electron chi connectivity index (χ4n) is 3.97. The first-order chi connectivity index (χ1) is 14.3. The van der Waals surface area contributed by atoms with Crippen molar-refractivity contribution in [3.8, 4) is 0 Å². The molecule has 9 heteroatoms. The first-order valence-corrected chi connectivity index (χ1v) is 12.0. The molecule has 3 rings (SSSR count). The molecule has 2 aliphatic rings. The number of carbonyl (C=O) groups excluding carboxylic acids is 1. The molecule has 176 valence electrons. The minimum atomic E-state index is -0.437. The smallest absolute Gasteiger partial charge is 0.410 e. The summed E-state index contributed by atoms with van der Waals surface area (Å²) < 4.78 is 5.48. The number of amides is 1. The number of nitrogens with one attached hydrogen (secondary N) is 2. The first-order valence-electron chi connectivity index (χ1n) is 11.1. The van der Waals surface area contributed by atoms with Crippen molar-refractivity contribution in [1.29, 1.82) is 0 Å². The molecular formula is C22H38IN5O2S. The third kappa shape index (κ3) is 8.32. The molecule has 0 aliphatic carbocycles. The van der Waals surface area contributed by atoms with E-state index in [4.69, 9.17) is 4.74 Å². The minimum Gasteiger partial charge on any atom is -0.444 e. The molecule has 0 aromatic carbocycles. The highest BCUT2D eigenvalue weighted by Crippen LogP contribution is 2.25. The molecule has 2 aliphatic heterocycles. The molecule has 7 nitrogen and oxygen atoms in total. The van der Waals surface area contributed by atoms with Gasteiger partial charge in [0.1, 0.15) is 5.60 Å². The summed E-state index contributed by atoms with van der Waals surface area (Å²) in [5.41, 5.74) is -0.437. The van der Waals surface area contributed by atoms with Crippen LogP contribution >= 0.6 is 35.3 Å². The summed E-state index contributed by atoms with van der Waals surface area (Å²) in [5, 5.41) is 10.6. The highest BCUT2D eigenvalue weighted by molar-refractivity contribution is 14.0. The lowest BCUT2D eigenvalue weighted by molar-refractivity contribution is 0.0185. The summed E-state index contributed by atoms with van der Waals surface area (Å²) in [6.07, 6.45) is 4.02. The van der Waals surface area contributed by atoms with E-state index in [2.05, 4.69) is 38.0 Å². The van der Waals surface area contributed by atoms with Gasteiger partial charge in [-0.25, -0.2) is 4.79 Å². The van der Waals surface area contributed by atoms with Crippen LogP contribution in [0.15, 0.2) is 22.5 Å². The lowest BCUT2D eigenvalue weighted by atomic mass is 9.97. The maximum Gasteiger partial charge on any atom is 0.410 e. The van der Waals surface area contributed by atoms with E-state index in [-0.39, 0.29) is 30.1 Å². The average Bonchev–Trinajstić information content (AvgIpc) is 3.25. The summed E-state index contributed by atoms with van der Waals surface area (Å²) in [5.74, 6) is 1.43. The number of hydrogen-bond donors (Lipinski definition) is 2. The van der Waals surface area contributed by atoms with Crippen molar-refractivity contribution in [2.24, 2.45) is 10.9 Å². The Labute approximate surface area is 208 Å². The van der Waals surface area contributed by atoms with Crippen molar-refractivity contribution in [3.63, 3.8) is 0 Å². The number of thiophene rings is 1. The number of aliphatic imine (C=N–C) groups is 1. The number of nitrogens with zero attached hydrogens (tertiary/aromatic N) is 3. The van der Waals surface area contributed by atoms with Crippen molar-refractivity contribution in [3.05, 3.63) is 17.5 Å². The van der Waals surface area contributed by atoms with E-state index in [0.717, 1.165) is 64.4 Å². The van der Waals surface area contributed by atoms with Gasteiger partial charge in [0.2, 0.25) is 0 Å². The molecule has 1 aromatic rings. The second-order valence-electron chi connectivity index (χ2n) is 9.22. The molecule has 3 heterocycles. The topological polar surface area (TPSA) is 69.2 Å². The van der Waals surface area contributed by atoms with Crippen LogP contribution < -0.4 is 15.5 Å².